The molecule has 0 atom stereocenters. The van der Waals surface area contributed by atoms with E-state index < -0.39 is 11.6 Å². The first-order chi connectivity index (χ1) is 8.97. The summed E-state index contributed by atoms with van der Waals surface area (Å²) in [7, 11) is 0. The van der Waals surface area contributed by atoms with Gasteiger partial charge in [0.15, 0.2) is 5.82 Å². The Morgan fingerprint density at radius 1 is 1.05 bits per heavy atom. The molecule has 1 nitrogen and oxygen atoms in total. The quantitative estimate of drug-likeness (QED) is 0.678. The Balaban J connectivity index is 2.16. The van der Waals surface area contributed by atoms with Crippen molar-refractivity contribution >= 4 is 49.1 Å². The van der Waals surface area contributed by atoms with Crippen LogP contribution >= 0.6 is 43.5 Å². The van der Waals surface area contributed by atoms with Gasteiger partial charge in [-0.3, -0.25) is 0 Å². The zero-order valence-electron chi connectivity index (χ0n) is 9.48. The molecule has 0 radical (unpaired) electrons. The Morgan fingerprint density at radius 3 is 2.42 bits per heavy atom. The van der Waals surface area contributed by atoms with Gasteiger partial charge in [0.05, 0.1) is 10.7 Å². The monoisotopic (exact) mass is 409 g/mol. The Bertz CT molecular complexity index is 597. The standard InChI is InChI=1S/C13H8Br2ClF2N/c14-9-2-1-7(3-10(9)15)6-19-13-11(16)4-8(17)5-12(13)18/h1-5,19H,6H2. The first kappa shape index (κ1) is 14.8. The zero-order chi connectivity index (χ0) is 14.0. The maximum atomic E-state index is 13.6. The number of nitrogens with one attached hydrogen (secondary N) is 1. The first-order valence-corrected chi connectivity index (χ1v) is 7.26. The third-order valence-electron chi connectivity index (χ3n) is 2.46. The Labute approximate surface area is 131 Å². The fourth-order valence-electron chi connectivity index (χ4n) is 1.55. The van der Waals surface area contributed by atoms with Gasteiger partial charge >= 0.3 is 0 Å². The molecule has 0 bridgehead atoms. The minimum absolute atomic E-state index is 0.0219. The summed E-state index contributed by atoms with van der Waals surface area (Å²) in [6.45, 7) is 0.383. The maximum absolute atomic E-state index is 13.6. The molecule has 1 N–H and O–H groups in total. The number of rotatable bonds is 3. The van der Waals surface area contributed by atoms with Crippen molar-refractivity contribution in [2.75, 3.05) is 5.32 Å². The van der Waals surface area contributed by atoms with Gasteiger partial charge in [-0.1, -0.05) is 17.7 Å². The molecule has 0 aliphatic heterocycles. The van der Waals surface area contributed by atoms with Crippen molar-refractivity contribution < 1.29 is 8.78 Å². The molecule has 0 saturated heterocycles. The summed E-state index contributed by atoms with van der Waals surface area (Å²) in [5.41, 5.74) is 1.04. The third kappa shape index (κ3) is 3.68. The molecule has 0 amide bonds. The van der Waals surface area contributed by atoms with Crippen LogP contribution in [0.5, 0.6) is 0 Å². The summed E-state index contributed by atoms with van der Waals surface area (Å²) in [4.78, 5) is 0. The highest BCUT2D eigenvalue weighted by Gasteiger charge is 2.09. The summed E-state index contributed by atoms with van der Waals surface area (Å²) in [6, 6.07) is 7.53. The summed E-state index contributed by atoms with van der Waals surface area (Å²) in [6.07, 6.45) is 0. The van der Waals surface area contributed by atoms with Crippen LogP contribution in [-0.4, -0.2) is 0 Å². The normalized spacial score (nSPS) is 10.6. The highest BCUT2D eigenvalue weighted by atomic mass is 79.9. The van der Waals surface area contributed by atoms with Crippen LogP contribution in [-0.2, 0) is 6.54 Å². The lowest BCUT2D eigenvalue weighted by atomic mass is 10.2. The van der Waals surface area contributed by atoms with Gasteiger partial charge in [0.25, 0.3) is 0 Å². The molecule has 0 aliphatic carbocycles. The average Bonchev–Trinajstić information content (AvgIpc) is 2.32. The molecular formula is C13H8Br2ClF2N. The van der Waals surface area contributed by atoms with Crippen LogP contribution in [0.1, 0.15) is 5.56 Å². The highest BCUT2D eigenvalue weighted by molar-refractivity contribution is 9.13. The van der Waals surface area contributed by atoms with Gasteiger partial charge in [-0.25, -0.2) is 8.78 Å². The van der Waals surface area contributed by atoms with E-state index in [2.05, 4.69) is 37.2 Å². The van der Waals surface area contributed by atoms with Crippen molar-refractivity contribution in [2.24, 2.45) is 0 Å². The van der Waals surface area contributed by atoms with Crippen molar-refractivity contribution in [2.45, 2.75) is 6.54 Å². The summed E-state index contributed by atoms with van der Waals surface area (Å²) >= 11 is 12.6. The second kappa shape index (κ2) is 6.20. The van der Waals surface area contributed by atoms with Crippen LogP contribution in [0, 0.1) is 11.6 Å². The fraction of sp³-hybridized carbons (Fsp3) is 0.0769. The number of hydrogen-bond donors (Lipinski definition) is 1. The molecule has 100 valence electrons. The van der Waals surface area contributed by atoms with E-state index in [4.69, 9.17) is 11.6 Å². The van der Waals surface area contributed by atoms with Gasteiger partial charge in [-0.15, -0.1) is 0 Å². The molecule has 0 aliphatic rings. The number of halogens is 5. The first-order valence-electron chi connectivity index (χ1n) is 5.29. The van der Waals surface area contributed by atoms with E-state index in [-0.39, 0.29) is 10.7 Å². The highest BCUT2D eigenvalue weighted by Crippen LogP contribution is 2.28. The van der Waals surface area contributed by atoms with E-state index >= 15 is 0 Å². The molecule has 0 heterocycles. The van der Waals surface area contributed by atoms with Crippen LogP contribution < -0.4 is 5.32 Å². The molecule has 0 saturated carbocycles. The SMILES string of the molecule is Fc1cc(F)c(NCc2ccc(Br)c(Br)c2)c(Cl)c1. The molecule has 6 heteroatoms. The van der Waals surface area contributed by atoms with E-state index in [1.807, 2.05) is 18.2 Å². The van der Waals surface area contributed by atoms with E-state index in [9.17, 15) is 8.78 Å². The van der Waals surface area contributed by atoms with E-state index in [1.54, 1.807) is 0 Å². The van der Waals surface area contributed by atoms with E-state index in [0.29, 0.717) is 6.54 Å². The van der Waals surface area contributed by atoms with Crippen molar-refractivity contribution in [3.63, 3.8) is 0 Å². The van der Waals surface area contributed by atoms with Gasteiger partial charge in [0, 0.05) is 21.6 Å². The molecule has 0 spiro atoms. The van der Waals surface area contributed by atoms with Gasteiger partial charge in [-0.2, -0.15) is 0 Å². The van der Waals surface area contributed by atoms with Crippen molar-refractivity contribution in [3.8, 4) is 0 Å². The third-order valence-corrected chi connectivity index (χ3v) is 4.64. The van der Waals surface area contributed by atoms with Crippen LogP contribution in [0.15, 0.2) is 39.3 Å². The molecule has 2 aromatic carbocycles. The predicted molar refractivity (Wildman–Crippen MR) is 80.5 cm³/mol. The van der Waals surface area contributed by atoms with Crippen molar-refractivity contribution in [1.82, 2.24) is 0 Å². The van der Waals surface area contributed by atoms with Gasteiger partial charge in [0.2, 0.25) is 0 Å². The number of benzene rings is 2. The molecular weight excluding hydrogens is 403 g/mol. The summed E-state index contributed by atoms with van der Waals surface area (Å²) in [5, 5.41) is 2.88. The van der Waals surface area contributed by atoms with Crippen LogP contribution in [0.4, 0.5) is 14.5 Å². The largest absolute Gasteiger partial charge is 0.377 e. The van der Waals surface area contributed by atoms with Gasteiger partial charge in [-0.05, 0) is 55.6 Å². The maximum Gasteiger partial charge on any atom is 0.150 e. The molecule has 19 heavy (non-hydrogen) atoms. The molecule has 0 unspecified atom stereocenters. The number of hydrogen-bond acceptors (Lipinski definition) is 1. The predicted octanol–water partition coefficient (Wildman–Crippen LogP) is 5.76. The Kier molecular flexibility index (Phi) is 4.81. The molecule has 2 aromatic rings. The van der Waals surface area contributed by atoms with E-state index in [1.165, 1.54) is 0 Å². The minimum atomic E-state index is -0.707. The average molecular weight is 411 g/mol. The van der Waals surface area contributed by atoms with Crippen molar-refractivity contribution in [3.05, 3.63) is 61.5 Å². The van der Waals surface area contributed by atoms with Crippen LogP contribution in [0.3, 0.4) is 0 Å². The minimum Gasteiger partial charge on any atom is -0.377 e. The summed E-state index contributed by atoms with van der Waals surface area (Å²) < 4.78 is 28.3. The number of anilines is 1. The fourth-order valence-corrected chi connectivity index (χ4v) is 2.49. The lowest BCUT2D eigenvalue weighted by Gasteiger charge is -2.10. The van der Waals surface area contributed by atoms with Crippen molar-refractivity contribution in [1.29, 1.82) is 0 Å². The second-order valence-electron chi connectivity index (χ2n) is 3.85. The zero-order valence-corrected chi connectivity index (χ0v) is 13.4. The molecule has 2 rings (SSSR count). The lowest BCUT2D eigenvalue weighted by molar-refractivity contribution is 0.585. The second-order valence-corrected chi connectivity index (χ2v) is 5.96. The smallest absolute Gasteiger partial charge is 0.150 e. The summed E-state index contributed by atoms with van der Waals surface area (Å²) in [5.74, 6) is -1.40. The molecule has 0 fully saturated rings. The van der Waals surface area contributed by atoms with Crippen LogP contribution in [0.25, 0.3) is 0 Å². The van der Waals surface area contributed by atoms with Crippen LogP contribution in [0.2, 0.25) is 5.02 Å². The van der Waals surface area contributed by atoms with E-state index in [0.717, 1.165) is 26.6 Å². The Hall–Kier alpha value is -0.650. The lowest BCUT2D eigenvalue weighted by Crippen LogP contribution is -2.02. The topological polar surface area (TPSA) is 12.0 Å². The Morgan fingerprint density at radius 2 is 1.79 bits per heavy atom. The van der Waals surface area contributed by atoms with Gasteiger partial charge in [0.1, 0.15) is 5.82 Å². The van der Waals surface area contributed by atoms with Gasteiger partial charge < -0.3 is 5.32 Å². The molecule has 0 aromatic heterocycles.